The smallest absolute Gasteiger partial charge is 0.337 e. The molecule has 0 saturated heterocycles. The van der Waals surface area contributed by atoms with Crippen molar-refractivity contribution in [2.75, 3.05) is 20.3 Å². The fraction of sp³-hybridized carbons (Fsp3) is 0.258. The molecule has 0 fully saturated rings. The number of aliphatic hydroxyl groups is 1. The maximum absolute atomic E-state index is 12.5. The molecule has 0 saturated carbocycles. The number of carbonyl (C=O) groups is 2. The topological polar surface area (TPSA) is 140 Å². The molecular weight excluding hydrogens is 874 g/mol. The molecule has 0 unspecified atom stereocenters. The van der Waals surface area contributed by atoms with E-state index < -0.39 is 24.3 Å². The normalized spacial score (nSPS) is 15.3. The van der Waals surface area contributed by atoms with Gasteiger partial charge in [0.05, 0.1) is 38.7 Å². The Labute approximate surface area is 296 Å². The number of methoxy groups -OCH3 is 1. The van der Waals surface area contributed by atoms with Gasteiger partial charge in [-0.3, -0.25) is 5.43 Å². The number of allylic oxidation sites excluding steroid dienone is 1. The first kappa shape index (κ1) is 34.8. The lowest BCUT2D eigenvalue weighted by molar-refractivity contribution is -0.136. The zero-order valence-electron chi connectivity index (χ0n) is 24.5. The molecule has 0 radical (unpaired) electrons. The molecule has 0 bridgehead atoms. The average molecular weight is 905 g/mol. The third-order valence-electron chi connectivity index (χ3n) is 6.43. The second kappa shape index (κ2) is 16.5. The molecule has 3 aromatic rings. The first-order valence-corrected chi connectivity index (χ1v) is 16.6. The van der Waals surface area contributed by atoms with E-state index in [9.17, 15) is 14.7 Å². The molecular formula is C31H31BrI2N4O7. The van der Waals surface area contributed by atoms with Crippen LogP contribution in [0.5, 0.6) is 17.2 Å². The largest absolute Gasteiger partial charge is 0.490 e. The van der Waals surface area contributed by atoms with Gasteiger partial charge in [-0.2, -0.15) is 5.10 Å². The van der Waals surface area contributed by atoms with Crippen LogP contribution in [0.4, 0.5) is 4.79 Å². The van der Waals surface area contributed by atoms with Crippen molar-refractivity contribution in [3.63, 3.8) is 0 Å². The van der Waals surface area contributed by atoms with Crippen molar-refractivity contribution < 1.29 is 33.6 Å². The Balaban J connectivity index is 1.37. The molecule has 1 heterocycles. The Hall–Kier alpha value is -3.09. The number of hydrogen-bond acceptors (Lipinski definition) is 9. The van der Waals surface area contributed by atoms with Crippen LogP contribution in [0, 0.1) is 7.14 Å². The van der Waals surface area contributed by atoms with Crippen LogP contribution >= 0.6 is 61.1 Å². The van der Waals surface area contributed by atoms with Crippen LogP contribution < -0.4 is 30.3 Å². The molecule has 1 aliphatic rings. The van der Waals surface area contributed by atoms with Crippen molar-refractivity contribution >= 4 is 79.3 Å². The van der Waals surface area contributed by atoms with E-state index in [4.69, 9.17) is 18.9 Å². The predicted octanol–water partition coefficient (Wildman–Crippen LogP) is 5.76. The predicted molar refractivity (Wildman–Crippen MR) is 189 cm³/mol. The zero-order chi connectivity index (χ0) is 32.5. The van der Waals surface area contributed by atoms with Crippen molar-refractivity contribution in [3.8, 4) is 17.2 Å². The summed E-state index contributed by atoms with van der Waals surface area (Å²) in [4.78, 5) is 24.6. The fourth-order valence-electron chi connectivity index (χ4n) is 4.35. The molecule has 0 spiro atoms. The Morgan fingerprint density at radius 1 is 1.09 bits per heavy atom. The van der Waals surface area contributed by atoms with Gasteiger partial charge in [-0.1, -0.05) is 34.1 Å². The van der Waals surface area contributed by atoms with Gasteiger partial charge in [-0.15, -0.1) is 0 Å². The van der Waals surface area contributed by atoms with Crippen LogP contribution in [-0.2, 0) is 16.1 Å². The molecule has 1 aliphatic heterocycles. The van der Waals surface area contributed by atoms with Crippen LogP contribution in [0.25, 0.3) is 0 Å². The highest BCUT2D eigenvalue weighted by molar-refractivity contribution is 14.1. The molecule has 45 heavy (non-hydrogen) atoms. The number of urea groups is 1. The number of nitrogens with one attached hydrogen (secondary N) is 3. The number of aliphatic hydroxyl groups excluding tert-OH is 1. The number of carbonyl (C=O) groups excluding carboxylic acids is 2. The number of esters is 1. The van der Waals surface area contributed by atoms with Crippen LogP contribution in [0.1, 0.15) is 36.6 Å². The highest BCUT2D eigenvalue weighted by Crippen LogP contribution is 2.35. The lowest BCUT2D eigenvalue weighted by Crippen LogP contribution is -2.45. The summed E-state index contributed by atoms with van der Waals surface area (Å²) in [6, 6.07) is 15.7. The summed E-state index contributed by atoms with van der Waals surface area (Å²) in [7, 11) is 1.28. The molecule has 11 nitrogen and oxygen atoms in total. The second-order valence-electron chi connectivity index (χ2n) is 9.64. The van der Waals surface area contributed by atoms with E-state index >= 15 is 0 Å². The first-order chi connectivity index (χ1) is 21.6. The minimum absolute atomic E-state index is 0.134. The Bertz CT molecular complexity index is 1580. The molecule has 14 heteroatoms. The SMILES string of the molecule is CCOc1cc([C@H]2NC(=O)NC(C)=C2C(=O)OC)ccc1OC[C@@H](O)N/N=C\c1cc(I)c(OCc2ccc(Br)cc2)c(I)c1. The van der Waals surface area contributed by atoms with E-state index in [0.29, 0.717) is 36.0 Å². The molecule has 3 aromatic carbocycles. The number of halogens is 3. The average Bonchev–Trinajstić information content (AvgIpc) is 3.00. The summed E-state index contributed by atoms with van der Waals surface area (Å²) in [5.74, 6) is 0.980. The third-order valence-corrected chi connectivity index (χ3v) is 8.56. The van der Waals surface area contributed by atoms with Gasteiger partial charge in [-0.25, -0.2) is 9.59 Å². The Morgan fingerprint density at radius 3 is 2.47 bits per heavy atom. The number of hydrogen-bond donors (Lipinski definition) is 4. The maximum atomic E-state index is 12.5. The summed E-state index contributed by atoms with van der Waals surface area (Å²) in [6.45, 7) is 4.11. The lowest BCUT2D eigenvalue weighted by Gasteiger charge is -2.28. The van der Waals surface area contributed by atoms with Gasteiger partial charge in [-0.05, 0) is 112 Å². The Morgan fingerprint density at radius 2 is 1.80 bits per heavy atom. The summed E-state index contributed by atoms with van der Waals surface area (Å²) >= 11 is 7.90. The van der Waals surface area contributed by atoms with Crippen molar-refractivity contribution in [3.05, 3.63) is 94.2 Å². The van der Waals surface area contributed by atoms with Gasteiger partial charge in [0.1, 0.15) is 19.0 Å². The van der Waals surface area contributed by atoms with Gasteiger partial charge >= 0.3 is 12.0 Å². The number of hydrazone groups is 1. The summed E-state index contributed by atoms with van der Waals surface area (Å²) in [6.07, 6.45) is 0.482. The third kappa shape index (κ3) is 9.46. The van der Waals surface area contributed by atoms with Crippen LogP contribution in [-0.4, -0.2) is 49.9 Å². The van der Waals surface area contributed by atoms with E-state index in [1.807, 2.05) is 43.3 Å². The lowest BCUT2D eigenvalue weighted by atomic mass is 9.95. The number of nitrogens with zero attached hydrogens (tertiary/aromatic N) is 1. The van der Waals surface area contributed by atoms with E-state index in [1.54, 1.807) is 31.3 Å². The van der Waals surface area contributed by atoms with Gasteiger partial charge in [0.15, 0.2) is 17.7 Å². The molecule has 4 rings (SSSR count). The highest BCUT2D eigenvalue weighted by atomic mass is 127. The monoisotopic (exact) mass is 904 g/mol. The van der Waals surface area contributed by atoms with Gasteiger partial charge < -0.3 is 34.7 Å². The summed E-state index contributed by atoms with van der Waals surface area (Å²) in [5, 5.41) is 20.0. The van der Waals surface area contributed by atoms with E-state index in [1.165, 1.54) is 7.11 Å². The highest BCUT2D eigenvalue weighted by Gasteiger charge is 2.32. The van der Waals surface area contributed by atoms with Crippen molar-refractivity contribution in [2.24, 2.45) is 5.10 Å². The molecule has 238 valence electrons. The van der Waals surface area contributed by atoms with E-state index in [2.05, 4.69) is 82.3 Å². The number of amides is 2. The summed E-state index contributed by atoms with van der Waals surface area (Å²) in [5.41, 5.74) is 5.82. The van der Waals surface area contributed by atoms with Crippen molar-refractivity contribution in [2.45, 2.75) is 32.7 Å². The standard InChI is InChI=1S/C31H31BrI2N4O7/c1-4-43-25-13-20(28-27(30(40)42-3)17(2)36-31(41)37-28)7-10-24(25)44-16-26(39)38-35-14-19-11-22(33)29(23(34)12-19)45-15-18-5-8-21(32)9-6-18/h5-14,26,28,38-39H,4,15-16H2,1-3H3,(H2,36,37,41)/b35-14-/t26-,28-/m1/s1. The molecule has 2 amide bonds. The van der Waals surface area contributed by atoms with Gasteiger partial charge in [0, 0.05) is 10.2 Å². The minimum Gasteiger partial charge on any atom is -0.490 e. The van der Waals surface area contributed by atoms with Crippen LogP contribution in [0.3, 0.4) is 0 Å². The van der Waals surface area contributed by atoms with Crippen LogP contribution in [0.15, 0.2) is 75.4 Å². The summed E-state index contributed by atoms with van der Waals surface area (Å²) < 4.78 is 25.5. The molecule has 4 N–H and O–H groups in total. The minimum atomic E-state index is -1.12. The quantitative estimate of drug-likeness (QED) is 0.0559. The fourth-order valence-corrected chi connectivity index (χ4v) is 6.74. The van der Waals surface area contributed by atoms with Gasteiger partial charge in [0.25, 0.3) is 0 Å². The second-order valence-corrected chi connectivity index (χ2v) is 12.9. The molecule has 2 atom stereocenters. The van der Waals surface area contributed by atoms with E-state index in [-0.39, 0.29) is 12.2 Å². The van der Waals surface area contributed by atoms with Crippen LogP contribution in [0.2, 0.25) is 0 Å². The molecule has 0 aromatic heterocycles. The van der Waals surface area contributed by atoms with Gasteiger partial charge in [0.2, 0.25) is 0 Å². The number of rotatable bonds is 13. The zero-order valence-corrected chi connectivity index (χ0v) is 30.4. The number of benzene rings is 3. The maximum Gasteiger partial charge on any atom is 0.337 e. The van der Waals surface area contributed by atoms with Crippen molar-refractivity contribution in [1.82, 2.24) is 16.1 Å². The van der Waals surface area contributed by atoms with Crippen molar-refractivity contribution in [1.29, 1.82) is 0 Å². The number of ether oxygens (including phenoxy) is 4. The Kier molecular flexibility index (Phi) is 12.7. The molecule has 0 aliphatic carbocycles. The first-order valence-electron chi connectivity index (χ1n) is 13.7. The van der Waals surface area contributed by atoms with E-state index in [0.717, 1.165) is 28.5 Å².